The molecule has 1 aliphatic rings. The molecule has 0 aromatic heterocycles. The fourth-order valence-electron chi connectivity index (χ4n) is 3.55. The zero-order valence-corrected chi connectivity index (χ0v) is 16.6. The van der Waals surface area contributed by atoms with E-state index in [0.717, 1.165) is 19.3 Å². The normalized spacial score (nSPS) is 31.2. The molecule has 0 aliphatic carbocycles. The zero-order valence-electron chi connectivity index (χ0n) is 16.6. The largest absolute Gasteiger partial charge is 0.394 e. The van der Waals surface area contributed by atoms with E-state index in [1.165, 1.54) is 38.5 Å². The Bertz CT molecular complexity index is 415. The number of aliphatic hydroxyl groups is 5. The minimum atomic E-state index is -2.29. The lowest BCUT2D eigenvalue weighted by atomic mass is 9.89. The van der Waals surface area contributed by atoms with Crippen LogP contribution in [-0.2, 0) is 9.53 Å². The van der Waals surface area contributed by atoms with Gasteiger partial charge in [0.15, 0.2) is 0 Å². The second-order valence-corrected chi connectivity index (χ2v) is 7.76. The minimum Gasteiger partial charge on any atom is -0.394 e. The van der Waals surface area contributed by atoms with Crippen molar-refractivity contribution in [1.82, 2.24) is 0 Å². The number of aliphatic hydroxyl groups excluding tert-OH is 4. The van der Waals surface area contributed by atoms with Gasteiger partial charge in [-0.05, 0) is 6.42 Å². The summed E-state index contributed by atoms with van der Waals surface area (Å²) in [6.45, 7) is 1.57. The molecule has 7 heteroatoms. The van der Waals surface area contributed by atoms with Gasteiger partial charge < -0.3 is 30.3 Å². The molecule has 0 saturated carbocycles. The third-order valence-corrected chi connectivity index (χ3v) is 5.31. The zero-order chi connectivity index (χ0) is 20.3. The molecule has 5 N–H and O–H groups in total. The lowest BCUT2D eigenvalue weighted by Crippen LogP contribution is -2.65. The number of hydrogen-bond donors (Lipinski definition) is 5. The molecule has 0 unspecified atom stereocenters. The predicted octanol–water partition coefficient (Wildman–Crippen LogP) is 1.42. The highest BCUT2D eigenvalue weighted by molar-refractivity contribution is 5.79. The molecule has 1 rings (SSSR count). The van der Waals surface area contributed by atoms with Crippen LogP contribution in [0.5, 0.6) is 0 Å². The lowest BCUT2D eigenvalue weighted by Gasteiger charge is -2.45. The van der Waals surface area contributed by atoms with Crippen molar-refractivity contribution < 1.29 is 35.1 Å². The summed E-state index contributed by atoms with van der Waals surface area (Å²) in [6, 6.07) is 0. The number of carbonyl (C=O) groups excluding carboxylic acids is 1. The Morgan fingerprint density at radius 3 is 1.93 bits per heavy atom. The molecule has 0 bridgehead atoms. The molecule has 0 aromatic carbocycles. The number of rotatable bonds is 14. The molecule has 1 fully saturated rings. The Balaban J connectivity index is 2.22. The van der Waals surface area contributed by atoms with Crippen molar-refractivity contribution in [1.29, 1.82) is 0 Å². The lowest BCUT2D eigenvalue weighted by molar-refractivity contribution is -0.347. The minimum absolute atomic E-state index is 0.261. The third-order valence-electron chi connectivity index (χ3n) is 5.31. The van der Waals surface area contributed by atoms with Gasteiger partial charge >= 0.3 is 0 Å². The Kier molecular flexibility index (Phi) is 11.6. The summed E-state index contributed by atoms with van der Waals surface area (Å²) in [5.74, 6) is -2.57. The Hall–Kier alpha value is -0.570. The maximum atomic E-state index is 12.1. The number of hydrogen-bond acceptors (Lipinski definition) is 7. The van der Waals surface area contributed by atoms with Gasteiger partial charge in [0.2, 0.25) is 5.79 Å². The molecule has 27 heavy (non-hydrogen) atoms. The van der Waals surface area contributed by atoms with Gasteiger partial charge in [0.1, 0.15) is 30.2 Å². The SMILES string of the molecule is CCCCCCCCCCCCC(=O)C[C@@]1(O)O[C@H](CO)[C@@H](O)[C@H](O)[C@H]1O. The second-order valence-electron chi connectivity index (χ2n) is 7.76. The molecule has 1 saturated heterocycles. The van der Waals surface area contributed by atoms with Crippen molar-refractivity contribution in [3.63, 3.8) is 0 Å². The Labute approximate surface area is 162 Å². The van der Waals surface area contributed by atoms with E-state index in [9.17, 15) is 25.2 Å². The average Bonchev–Trinajstić information content (AvgIpc) is 2.64. The van der Waals surface area contributed by atoms with Crippen LogP contribution in [0.4, 0.5) is 0 Å². The monoisotopic (exact) mass is 390 g/mol. The van der Waals surface area contributed by atoms with Gasteiger partial charge in [-0.25, -0.2) is 0 Å². The van der Waals surface area contributed by atoms with Gasteiger partial charge in [-0.2, -0.15) is 0 Å². The molecule has 0 aromatic rings. The van der Waals surface area contributed by atoms with Crippen LogP contribution in [0.2, 0.25) is 0 Å². The fraction of sp³-hybridized carbons (Fsp3) is 0.950. The van der Waals surface area contributed by atoms with Crippen LogP contribution in [0.15, 0.2) is 0 Å². The van der Waals surface area contributed by atoms with E-state index in [4.69, 9.17) is 9.84 Å². The number of ether oxygens (including phenoxy) is 1. The molecule has 0 radical (unpaired) electrons. The van der Waals surface area contributed by atoms with Crippen molar-refractivity contribution in [2.45, 2.75) is 114 Å². The molecule has 7 nitrogen and oxygen atoms in total. The standard InChI is InChI=1S/C20H38O7/c1-2-3-4-5-6-7-8-9-10-11-12-15(22)13-20(26)19(25)18(24)17(23)16(14-21)27-20/h16-19,21,23-26H,2-14H2,1H3/t16-,17-,18+,19-,20-/m1/s1. The predicted molar refractivity (Wildman–Crippen MR) is 101 cm³/mol. The molecule has 0 spiro atoms. The quantitative estimate of drug-likeness (QED) is 0.284. The molecular weight excluding hydrogens is 352 g/mol. The highest BCUT2D eigenvalue weighted by Gasteiger charge is 2.53. The molecule has 1 aliphatic heterocycles. The third kappa shape index (κ3) is 8.13. The molecule has 5 atom stereocenters. The maximum Gasteiger partial charge on any atom is 0.202 e. The summed E-state index contributed by atoms with van der Waals surface area (Å²) in [5.41, 5.74) is 0. The summed E-state index contributed by atoms with van der Waals surface area (Å²) in [4.78, 5) is 12.1. The molecule has 160 valence electrons. The number of carbonyl (C=O) groups is 1. The van der Waals surface area contributed by atoms with Crippen molar-refractivity contribution >= 4 is 5.78 Å². The fourth-order valence-corrected chi connectivity index (χ4v) is 3.55. The first kappa shape index (κ1) is 24.5. The molecule has 0 amide bonds. The van der Waals surface area contributed by atoms with Crippen LogP contribution < -0.4 is 0 Å². The highest BCUT2D eigenvalue weighted by atomic mass is 16.7. The molecular formula is C20H38O7. The van der Waals surface area contributed by atoms with E-state index >= 15 is 0 Å². The second kappa shape index (κ2) is 12.8. The van der Waals surface area contributed by atoms with Crippen LogP contribution in [0, 0.1) is 0 Å². The van der Waals surface area contributed by atoms with E-state index in [1.807, 2.05) is 0 Å². The van der Waals surface area contributed by atoms with Crippen molar-refractivity contribution in [3.8, 4) is 0 Å². The first-order chi connectivity index (χ1) is 12.9. The van der Waals surface area contributed by atoms with E-state index in [2.05, 4.69) is 6.92 Å². The van der Waals surface area contributed by atoms with Crippen molar-refractivity contribution in [3.05, 3.63) is 0 Å². The summed E-state index contributed by atoms with van der Waals surface area (Å²) >= 11 is 0. The van der Waals surface area contributed by atoms with Crippen LogP contribution in [-0.4, -0.2) is 68.1 Å². The first-order valence-electron chi connectivity index (χ1n) is 10.4. The first-order valence-corrected chi connectivity index (χ1v) is 10.4. The average molecular weight is 391 g/mol. The van der Waals surface area contributed by atoms with Crippen LogP contribution in [0.3, 0.4) is 0 Å². The number of Topliss-reactive ketones (excluding diaryl/α,β-unsaturated/α-hetero) is 1. The van der Waals surface area contributed by atoms with Crippen LogP contribution in [0.1, 0.15) is 84.0 Å². The van der Waals surface area contributed by atoms with Gasteiger partial charge in [-0.3, -0.25) is 4.79 Å². The maximum absolute atomic E-state index is 12.1. The summed E-state index contributed by atoms with van der Waals surface area (Å²) in [7, 11) is 0. The topological polar surface area (TPSA) is 127 Å². The van der Waals surface area contributed by atoms with Gasteiger partial charge in [0, 0.05) is 6.42 Å². The van der Waals surface area contributed by atoms with Gasteiger partial charge in [0.25, 0.3) is 0 Å². The number of unbranched alkanes of at least 4 members (excludes halogenated alkanes) is 9. The van der Waals surface area contributed by atoms with Gasteiger partial charge in [0.05, 0.1) is 13.0 Å². The van der Waals surface area contributed by atoms with Gasteiger partial charge in [-0.1, -0.05) is 64.7 Å². The highest BCUT2D eigenvalue weighted by Crippen LogP contribution is 2.31. The van der Waals surface area contributed by atoms with Crippen LogP contribution in [0.25, 0.3) is 0 Å². The van der Waals surface area contributed by atoms with E-state index in [-0.39, 0.29) is 12.2 Å². The summed E-state index contributed by atoms with van der Waals surface area (Å²) < 4.78 is 5.11. The summed E-state index contributed by atoms with van der Waals surface area (Å²) in [5, 5.41) is 49.0. The van der Waals surface area contributed by atoms with E-state index < -0.39 is 43.2 Å². The van der Waals surface area contributed by atoms with E-state index in [1.54, 1.807) is 0 Å². The molecule has 1 heterocycles. The van der Waals surface area contributed by atoms with E-state index in [0.29, 0.717) is 6.42 Å². The Morgan fingerprint density at radius 1 is 0.889 bits per heavy atom. The summed E-state index contributed by atoms with van der Waals surface area (Å²) in [6.07, 6.45) is 5.03. The van der Waals surface area contributed by atoms with Gasteiger partial charge in [-0.15, -0.1) is 0 Å². The van der Waals surface area contributed by atoms with Crippen molar-refractivity contribution in [2.24, 2.45) is 0 Å². The van der Waals surface area contributed by atoms with Crippen molar-refractivity contribution in [2.75, 3.05) is 6.61 Å². The Morgan fingerprint density at radius 2 is 1.41 bits per heavy atom. The smallest absolute Gasteiger partial charge is 0.202 e. The number of ketones is 1. The van der Waals surface area contributed by atoms with Crippen LogP contribution >= 0.6 is 0 Å².